The normalized spacial score (nSPS) is 17.2. The molecule has 29 heavy (non-hydrogen) atoms. The first-order valence-electron chi connectivity index (χ1n) is 9.44. The van der Waals surface area contributed by atoms with Crippen molar-refractivity contribution in [3.63, 3.8) is 0 Å². The van der Waals surface area contributed by atoms with Gasteiger partial charge in [0.15, 0.2) is 0 Å². The highest BCUT2D eigenvalue weighted by Crippen LogP contribution is 2.27. The number of piperidine rings is 1. The highest BCUT2D eigenvalue weighted by atomic mass is 35.5. The van der Waals surface area contributed by atoms with Gasteiger partial charge in [0.25, 0.3) is 0 Å². The van der Waals surface area contributed by atoms with Gasteiger partial charge in [0, 0.05) is 22.8 Å². The summed E-state index contributed by atoms with van der Waals surface area (Å²) in [5.74, 6) is 0.486. The van der Waals surface area contributed by atoms with E-state index < -0.39 is 0 Å². The molecule has 1 atom stereocenters. The van der Waals surface area contributed by atoms with Crippen molar-refractivity contribution in [1.29, 1.82) is 0 Å². The summed E-state index contributed by atoms with van der Waals surface area (Å²) < 4.78 is 18.9. The Kier molecular flexibility index (Phi) is 5.87. The first-order chi connectivity index (χ1) is 14.1. The summed E-state index contributed by atoms with van der Waals surface area (Å²) in [7, 11) is 0. The van der Waals surface area contributed by atoms with Gasteiger partial charge in [-0.1, -0.05) is 35.0 Å². The summed E-state index contributed by atoms with van der Waals surface area (Å²) in [6.07, 6.45) is 1.82. The SMILES string of the molecule is O=C(CN1CCCC(c2nc(-c3cccc(F)c3)no2)C1)Nc1cccc(Cl)c1. The van der Waals surface area contributed by atoms with Crippen LogP contribution >= 0.6 is 11.6 Å². The zero-order valence-electron chi connectivity index (χ0n) is 15.6. The minimum Gasteiger partial charge on any atom is -0.339 e. The van der Waals surface area contributed by atoms with Crippen LogP contribution in [0.3, 0.4) is 0 Å². The molecule has 0 radical (unpaired) electrons. The standard InChI is InChI=1S/C21H20ClFN4O2/c22-16-6-2-8-18(11-16)24-19(28)13-27-9-3-5-15(12-27)21-25-20(26-29-21)14-4-1-7-17(23)10-14/h1-2,4,6-8,10-11,15H,3,5,9,12-13H2,(H,24,28). The number of anilines is 1. The second-order valence-electron chi connectivity index (χ2n) is 7.10. The molecule has 1 amide bonds. The molecule has 1 aromatic heterocycles. The Labute approximate surface area is 172 Å². The summed E-state index contributed by atoms with van der Waals surface area (Å²) in [6, 6.07) is 13.2. The highest BCUT2D eigenvalue weighted by Gasteiger charge is 2.27. The molecule has 1 aliphatic rings. The van der Waals surface area contributed by atoms with E-state index >= 15 is 0 Å². The minimum atomic E-state index is -0.344. The molecular weight excluding hydrogens is 395 g/mol. The number of nitrogens with zero attached hydrogens (tertiary/aromatic N) is 3. The highest BCUT2D eigenvalue weighted by molar-refractivity contribution is 6.30. The number of amides is 1. The number of carbonyl (C=O) groups excluding carboxylic acids is 1. The van der Waals surface area contributed by atoms with Crippen LogP contribution in [-0.4, -0.2) is 40.6 Å². The van der Waals surface area contributed by atoms with Crippen molar-refractivity contribution in [2.24, 2.45) is 0 Å². The maximum atomic E-state index is 13.4. The van der Waals surface area contributed by atoms with Crippen LogP contribution in [-0.2, 0) is 4.79 Å². The monoisotopic (exact) mass is 414 g/mol. The van der Waals surface area contributed by atoms with Gasteiger partial charge < -0.3 is 9.84 Å². The van der Waals surface area contributed by atoms with E-state index in [-0.39, 0.29) is 24.2 Å². The van der Waals surface area contributed by atoms with Gasteiger partial charge in [-0.05, 0) is 49.7 Å². The molecule has 0 spiro atoms. The lowest BCUT2D eigenvalue weighted by Gasteiger charge is -2.30. The Hall–Kier alpha value is -2.77. The minimum absolute atomic E-state index is 0.0394. The number of carbonyl (C=O) groups is 1. The van der Waals surface area contributed by atoms with Crippen LogP contribution in [0.4, 0.5) is 10.1 Å². The lowest BCUT2D eigenvalue weighted by atomic mass is 9.98. The van der Waals surface area contributed by atoms with Gasteiger partial charge in [-0.3, -0.25) is 9.69 Å². The number of aromatic nitrogens is 2. The third-order valence-corrected chi connectivity index (χ3v) is 5.09. The summed E-state index contributed by atoms with van der Waals surface area (Å²) in [6.45, 7) is 1.74. The van der Waals surface area contributed by atoms with E-state index in [1.807, 2.05) is 0 Å². The molecule has 1 N–H and O–H groups in total. The Morgan fingerprint density at radius 2 is 2.14 bits per heavy atom. The first-order valence-corrected chi connectivity index (χ1v) is 9.82. The van der Waals surface area contributed by atoms with Crippen molar-refractivity contribution in [2.75, 3.05) is 25.0 Å². The maximum absolute atomic E-state index is 13.4. The average molecular weight is 415 g/mol. The molecule has 1 aliphatic heterocycles. The van der Waals surface area contributed by atoms with Gasteiger partial charge in [0.1, 0.15) is 5.82 Å². The van der Waals surface area contributed by atoms with Crippen molar-refractivity contribution in [3.8, 4) is 11.4 Å². The van der Waals surface area contributed by atoms with Crippen molar-refractivity contribution in [2.45, 2.75) is 18.8 Å². The Balaban J connectivity index is 1.38. The lowest BCUT2D eigenvalue weighted by Crippen LogP contribution is -2.39. The largest absolute Gasteiger partial charge is 0.339 e. The Morgan fingerprint density at radius 3 is 2.97 bits per heavy atom. The molecular formula is C21H20ClFN4O2. The van der Waals surface area contributed by atoms with E-state index in [4.69, 9.17) is 16.1 Å². The number of hydrogen-bond donors (Lipinski definition) is 1. The van der Waals surface area contributed by atoms with Crippen LogP contribution in [0.5, 0.6) is 0 Å². The summed E-state index contributed by atoms with van der Waals surface area (Å²) >= 11 is 5.96. The number of hydrogen-bond acceptors (Lipinski definition) is 5. The van der Waals surface area contributed by atoms with E-state index in [0.717, 1.165) is 19.4 Å². The fourth-order valence-corrected chi connectivity index (χ4v) is 3.71. The van der Waals surface area contributed by atoms with E-state index in [9.17, 15) is 9.18 Å². The van der Waals surface area contributed by atoms with Gasteiger partial charge in [-0.15, -0.1) is 0 Å². The van der Waals surface area contributed by atoms with E-state index in [2.05, 4.69) is 20.4 Å². The molecule has 6 nitrogen and oxygen atoms in total. The fraction of sp³-hybridized carbons (Fsp3) is 0.286. The van der Waals surface area contributed by atoms with Crippen LogP contribution in [0.1, 0.15) is 24.7 Å². The predicted octanol–water partition coefficient (Wildman–Crippen LogP) is 4.35. The summed E-state index contributed by atoms with van der Waals surface area (Å²) in [4.78, 5) is 18.9. The molecule has 2 aromatic carbocycles. The van der Waals surface area contributed by atoms with E-state index in [1.165, 1.54) is 12.1 Å². The van der Waals surface area contributed by atoms with Gasteiger partial charge in [0.05, 0.1) is 12.5 Å². The van der Waals surface area contributed by atoms with Crippen molar-refractivity contribution in [3.05, 3.63) is 65.3 Å². The van der Waals surface area contributed by atoms with Gasteiger partial charge in [-0.25, -0.2) is 4.39 Å². The van der Waals surface area contributed by atoms with Crippen molar-refractivity contribution < 1.29 is 13.7 Å². The lowest BCUT2D eigenvalue weighted by molar-refractivity contribution is -0.117. The van der Waals surface area contributed by atoms with Crippen LogP contribution < -0.4 is 5.32 Å². The number of likely N-dealkylation sites (tertiary alicyclic amines) is 1. The first kappa shape index (κ1) is 19.5. The Morgan fingerprint density at radius 1 is 1.28 bits per heavy atom. The maximum Gasteiger partial charge on any atom is 0.238 e. The predicted molar refractivity (Wildman–Crippen MR) is 108 cm³/mol. The number of benzene rings is 2. The second-order valence-corrected chi connectivity index (χ2v) is 7.54. The molecule has 2 heterocycles. The molecule has 0 aliphatic carbocycles. The van der Waals surface area contributed by atoms with Crippen LogP contribution in [0.25, 0.3) is 11.4 Å². The molecule has 1 unspecified atom stereocenters. The van der Waals surface area contributed by atoms with Gasteiger partial charge >= 0.3 is 0 Å². The van der Waals surface area contributed by atoms with E-state index in [0.29, 0.717) is 34.5 Å². The molecule has 1 fully saturated rings. The smallest absolute Gasteiger partial charge is 0.238 e. The average Bonchev–Trinajstić information content (AvgIpc) is 3.18. The fourth-order valence-electron chi connectivity index (χ4n) is 3.52. The molecule has 150 valence electrons. The molecule has 0 saturated carbocycles. The topological polar surface area (TPSA) is 71.3 Å². The Bertz CT molecular complexity index is 1010. The molecule has 1 saturated heterocycles. The summed E-state index contributed by atoms with van der Waals surface area (Å²) in [5, 5.41) is 7.43. The van der Waals surface area contributed by atoms with Crippen molar-refractivity contribution >= 4 is 23.2 Å². The third kappa shape index (κ3) is 4.99. The number of halogens is 2. The van der Waals surface area contributed by atoms with Gasteiger partial charge in [0.2, 0.25) is 17.6 Å². The van der Waals surface area contributed by atoms with Crippen LogP contribution in [0.15, 0.2) is 53.1 Å². The number of rotatable bonds is 5. The van der Waals surface area contributed by atoms with Crippen LogP contribution in [0, 0.1) is 5.82 Å². The third-order valence-electron chi connectivity index (χ3n) is 4.85. The van der Waals surface area contributed by atoms with Gasteiger partial charge in [-0.2, -0.15) is 4.98 Å². The number of nitrogens with one attached hydrogen (secondary N) is 1. The van der Waals surface area contributed by atoms with Crippen molar-refractivity contribution in [1.82, 2.24) is 15.0 Å². The molecule has 4 rings (SSSR count). The molecule has 0 bridgehead atoms. The molecule has 8 heteroatoms. The quantitative estimate of drug-likeness (QED) is 0.672. The zero-order valence-corrected chi connectivity index (χ0v) is 16.4. The summed E-state index contributed by atoms with van der Waals surface area (Å²) in [5.41, 5.74) is 1.25. The second kappa shape index (κ2) is 8.71. The van der Waals surface area contributed by atoms with Crippen LogP contribution in [0.2, 0.25) is 5.02 Å². The molecule has 3 aromatic rings. The zero-order chi connectivity index (χ0) is 20.2. The van der Waals surface area contributed by atoms with E-state index in [1.54, 1.807) is 36.4 Å².